The molecule has 2 aromatic rings. The van der Waals surface area contributed by atoms with E-state index >= 15 is 0 Å². The first-order valence-electron chi connectivity index (χ1n) is 5.17. The Bertz CT molecular complexity index is 367. The van der Waals surface area contributed by atoms with Crippen molar-refractivity contribution in [3.63, 3.8) is 0 Å². The number of rotatable bonds is 5. The van der Waals surface area contributed by atoms with E-state index in [1.54, 1.807) is 6.20 Å². The van der Waals surface area contributed by atoms with E-state index in [2.05, 4.69) is 21.4 Å². The van der Waals surface area contributed by atoms with Crippen LogP contribution in [-0.2, 0) is 6.42 Å². The van der Waals surface area contributed by atoms with Crippen LogP contribution >= 0.6 is 0 Å². The molecule has 77 valence electrons. The zero-order valence-corrected chi connectivity index (χ0v) is 8.56. The largest absolute Gasteiger partial charge is 0.349 e. The molecule has 0 aliphatic heterocycles. The van der Waals surface area contributed by atoms with Crippen molar-refractivity contribution in [3.05, 3.63) is 54.7 Å². The molecule has 0 amide bonds. The van der Waals surface area contributed by atoms with Crippen LogP contribution in [0.4, 0.5) is 0 Å². The third-order valence-electron chi connectivity index (χ3n) is 2.21. The van der Waals surface area contributed by atoms with E-state index in [-0.39, 0.29) is 0 Å². The SMILES string of the molecule is [CH](CCCc1ncc[nH]1)c1ccccn1. The second-order valence-electron chi connectivity index (χ2n) is 3.39. The zero-order valence-electron chi connectivity index (χ0n) is 8.56. The van der Waals surface area contributed by atoms with Gasteiger partial charge in [-0.25, -0.2) is 4.98 Å². The van der Waals surface area contributed by atoms with Crippen molar-refractivity contribution in [2.75, 3.05) is 0 Å². The summed E-state index contributed by atoms with van der Waals surface area (Å²) >= 11 is 0. The third kappa shape index (κ3) is 3.20. The second-order valence-corrected chi connectivity index (χ2v) is 3.39. The van der Waals surface area contributed by atoms with Gasteiger partial charge < -0.3 is 4.98 Å². The number of pyridine rings is 1. The zero-order chi connectivity index (χ0) is 10.3. The molecule has 0 unspecified atom stereocenters. The number of hydrogen-bond donors (Lipinski definition) is 1. The number of aryl methyl sites for hydroxylation is 1. The number of imidazole rings is 1. The van der Waals surface area contributed by atoms with Gasteiger partial charge in [-0.2, -0.15) is 0 Å². The summed E-state index contributed by atoms with van der Waals surface area (Å²) in [7, 11) is 0. The Morgan fingerprint density at radius 1 is 1.20 bits per heavy atom. The Hall–Kier alpha value is -1.64. The van der Waals surface area contributed by atoms with E-state index in [0.29, 0.717) is 0 Å². The van der Waals surface area contributed by atoms with Crippen molar-refractivity contribution in [2.24, 2.45) is 0 Å². The van der Waals surface area contributed by atoms with E-state index in [4.69, 9.17) is 0 Å². The number of hydrogen-bond acceptors (Lipinski definition) is 2. The van der Waals surface area contributed by atoms with Crippen LogP contribution in [-0.4, -0.2) is 15.0 Å². The summed E-state index contributed by atoms with van der Waals surface area (Å²) in [5, 5.41) is 0. The van der Waals surface area contributed by atoms with Crippen LogP contribution in [0.5, 0.6) is 0 Å². The van der Waals surface area contributed by atoms with E-state index in [9.17, 15) is 0 Å². The normalized spacial score (nSPS) is 10.4. The summed E-state index contributed by atoms with van der Waals surface area (Å²) in [6, 6.07) is 5.96. The van der Waals surface area contributed by atoms with Crippen molar-refractivity contribution in [3.8, 4) is 0 Å². The van der Waals surface area contributed by atoms with Crippen LogP contribution in [0.2, 0.25) is 0 Å². The molecule has 0 atom stereocenters. The van der Waals surface area contributed by atoms with Crippen molar-refractivity contribution in [2.45, 2.75) is 19.3 Å². The molecule has 0 saturated heterocycles. The molecule has 0 spiro atoms. The number of nitrogens with zero attached hydrogens (tertiary/aromatic N) is 2. The molecule has 0 aliphatic carbocycles. The lowest BCUT2D eigenvalue weighted by Gasteiger charge is -1.98. The molecule has 1 N–H and O–H groups in total. The van der Waals surface area contributed by atoms with Gasteiger partial charge in [0.2, 0.25) is 0 Å². The average molecular weight is 200 g/mol. The predicted molar refractivity (Wildman–Crippen MR) is 59.2 cm³/mol. The Morgan fingerprint density at radius 2 is 2.20 bits per heavy atom. The minimum Gasteiger partial charge on any atom is -0.349 e. The van der Waals surface area contributed by atoms with Crippen molar-refractivity contribution >= 4 is 0 Å². The number of unbranched alkanes of at least 4 members (excludes halogenated alkanes) is 1. The highest BCUT2D eigenvalue weighted by molar-refractivity contribution is 5.12. The molecule has 3 nitrogen and oxygen atoms in total. The monoisotopic (exact) mass is 200 g/mol. The first-order chi connectivity index (χ1) is 7.45. The summed E-state index contributed by atoms with van der Waals surface area (Å²) in [5.74, 6) is 1.06. The summed E-state index contributed by atoms with van der Waals surface area (Å²) in [4.78, 5) is 11.5. The maximum atomic E-state index is 4.23. The molecule has 1 radical (unpaired) electrons. The average Bonchev–Trinajstić information content (AvgIpc) is 2.79. The maximum Gasteiger partial charge on any atom is 0.105 e. The summed E-state index contributed by atoms with van der Waals surface area (Å²) in [5.41, 5.74) is 1.05. The van der Waals surface area contributed by atoms with Crippen LogP contribution in [0.15, 0.2) is 36.8 Å². The van der Waals surface area contributed by atoms with Crippen LogP contribution in [0.3, 0.4) is 0 Å². The van der Waals surface area contributed by atoms with Crippen LogP contribution in [0.1, 0.15) is 24.4 Å². The Labute approximate surface area is 89.6 Å². The van der Waals surface area contributed by atoms with Gasteiger partial charge in [-0.1, -0.05) is 6.07 Å². The van der Waals surface area contributed by atoms with Gasteiger partial charge in [0.25, 0.3) is 0 Å². The van der Waals surface area contributed by atoms with Gasteiger partial charge >= 0.3 is 0 Å². The van der Waals surface area contributed by atoms with Crippen LogP contribution in [0.25, 0.3) is 0 Å². The number of aromatic amines is 1. The molecule has 2 rings (SSSR count). The lowest BCUT2D eigenvalue weighted by atomic mass is 10.1. The molecule has 15 heavy (non-hydrogen) atoms. The molecule has 0 saturated carbocycles. The van der Waals surface area contributed by atoms with Gasteiger partial charge in [-0.3, -0.25) is 4.98 Å². The lowest BCUT2D eigenvalue weighted by Crippen LogP contribution is -1.90. The maximum absolute atomic E-state index is 4.23. The third-order valence-corrected chi connectivity index (χ3v) is 2.21. The summed E-state index contributed by atoms with van der Waals surface area (Å²) < 4.78 is 0. The van der Waals surface area contributed by atoms with Gasteiger partial charge in [-0.05, 0) is 25.0 Å². The summed E-state index contributed by atoms with van der Waals surface area (Å²) in [6.07, 6.45) is 10.8. The number of H-pyrrole nitrogens is 1. The smallest absolute Gasteiger partial charge is 0.105 e. The van der Waals surface area contributed by atoms with Crippen molar-refractivity contribution in [1.82, 2.24) is 15.0 Å². The fraction of sp³-hybridized carbons (Fsp3) is 0.250. The predicted octanol–water partition coefficient (Wildman–Crippen LogP) is 2.38. The Balaban J connectivity index is 1.68. The highest BCUT2D eigenvalue weighted by atomic mass is 14.9. The van der Waals surface area contributed by atoms with Crippen LogP contribution < -0.4 is 0 Å². The molecule has 0 bridgehead atoms. The number of aromatic nitrogens is 3. The van der Waals surface area contributed by atoms with Crippen molar-refractivity contribution < 1.29 is 0 Å². The van der Waals surface area contributed by atoms with E-state index in [1.165, 1.54) is 0 Å². The van der Waals surface area contributed by atoms with E-state index in [1.807, 2.05) is 30.6 Å². The molecule has 3 heteroatoms. The minimum atomic E-state index is 0.996. The second kappa shape index (κ2) is 5.29. The molecule has 0 fully saturated rings. The van der Waals surface area contributed by atoms with Gasteiger partial charge in [0.05, 0.1) is 0 Å². The molecule has 2 aromatic heterocycles. The van der Waals surface area contributed by atoms with E-state index < -0.39 is 0 Å². The quantitative estimate of drug-likeness (QED) is 0.753. The summed E-state index contributed by atoms with van der Waals surface area (Å²) in [6.45, 7) is 0. The van der Waals surface area contributed by atoms with Gasteiger partial charge in [0, 0.05) is 37.1 Å². The molecule has 0 aliphatic rings. The van der Waals surface area contributed by atoms with E-state index in [0.717, 1.165) is 30.8 Å². The van der Waals surface area contributed by atoms with Crippen LogP contribution in [0, 0.1) is 6.42 Å². The molecule has 2 heterocycles. The fourth-order valence-electron chi connectivity index (χ4n) is 1.45. The highest BCUT2D eigenvalue weighted by Gasteiger charge is 1.96. The Kier molecular flexibility index (Phi) is 3.49. The lowest BCUT2D eigenvalue weighted by molar-refractivity contribution is 0.775. The fourth-order valence-corrected chi connectivity index (χ4v) is 1.45. The Morgan fingerprint density at radius 3 is 2.93 bits per heavy atom. The molecular formula is C12H14N3. The molecule has 0 aromatic carbocycles. The minimum absolute atomic E-state index is 0.996. The first-order valence-corrected chi connectivity index (χ1v) is 5.17. The molecular weight excluding hydrogens is 186 g/mol. The van der Waals surface area contributed by atoms with Gasteiger partial charge in [-0.15, -0.1) is 0 Å². The van der Waals surface area contributed by atoms with Gasteiger partial charge in [0.1, 0.15) is 5.82 Å². The topological polar surface area (TPSA) is 41.6 Å². The van der Waals surface area contributed by atoms with Gasteiger partial charge in [0.15, 0.2) is 0 Å². The highest BCUT2D eigenvalue weighted by Crippen LogP contribution is 2.06. The first kappa shape index (κ1) is 9.90. The van der Waals surface area contributed by atoms with Crippen molar-refractivity contribution in [1.29, 1.82) is 0 Å². The standard InChI is InChI=1S/C12H14N3/c1(2-7-12-14-9-10-15-12)5-11-6-3-4-8-13-11/h3-6,8-10H,1-2,7H2,(H,14,15). The number of nitrogens with one attached hydrogen (secondary N) is 1.